The van der Waals surface area contributed by atoms with Gasteiger partial charge in [-0.15, -0.1) is 0 Å². The number of carbonyl (C=O) groups is 1. The summed E-state index contributed by atoms with van der Waals surface area (Å²) in [7, 11) is 0. The molecule has 0 aliphatic rings. The molecule has 0 aliphatic heterocycles. The van der Waals surface area contributed by atoms with Crippen LogP contribution in [0, 0.1) is 0 Å². The van der Waals surface area contributed by atoms with Crippen molar-refractivity contribution in [2.75, 3.05) is 13.1 Å². The Labute approximate surface area is 170 Å². The van der Waals surface area contributed by atoms with Crippen LogP contribution in [0.25, 0.3) is 10.9 Å². The van der Waals surface area contributed by atoms with E-state index in [-0.39, 0.29) is 12.3 Å². The zero-order valence-electron chi connectivity index (χ0n) is 16.9. The van der Waals surface area contributed by atoms with Gasteiger partial charge in [-0.3, -0.25) is 4.98 Å². The topological polar surface area (TPSA) is 87.8 Å². The van der Waals surface area contributed by atoms with Gasteiger partial charge in [0.15, 0.2) is 0 Å². The SMILES string of the molecule is CC(C)(C)OC(=O)N(CCn1ccc2c(O)cccc21)C[C@H](O)c1cccnc1. The van der Waals surface area contributed by atoms with Crippen LogP contribution >= 0.6 is 0 Å². The lowest BCUT2D eigenvalue weighted by molar-refractivity contribution is 0.0137. The lowest BCUT2D eigenvalue weighted by Crippen LogP contribution is -2.40. The van der Waals surface area contributed by atoms with Crippen LogP contribution in [-0.2, 0) is 11.3 Å². The van der Waals surface area contributed by atoms with Crippen molar-refractivity contribution in [1.29, 1.82) is 0 Å². The van der Waals surface area contributed by atoms with Gasteiger partial charge in [-0.1, -0.05) is 12.1 Å². The van der Waals surface area contributed by atoms with Crippen molar-refractivity contribution in [3.63, 3.8) is 0 Å². The maximum atomic E-state index is 12.7. The summed E-state index contributed by atoms with van der Waals surface area (Å²) < 4.78 is 7.49. The standard InChI is InChI=1S/C22H27N3O4/c1-22(2,3)29-21(28)25(15-20(27)16-6-5-10-23-14-16)13-12-24-11-9-17-18(24)7-4-8-19(17)26/h4-11,14,20,26-27H,12-13,15H2,1-3H3/t20-/m0/s1. The fourth-order valence-electron chi connectivity index (χ4n) is 3.10. The number of aliphatic hydroxyl groups is 1. The molecule has 29 heavy (non-hydrogen) atoms. The number of ether oxygens (including phenoxy) is 1. The molecular weight excluding hydrogens is 370 g/mol. The minimum Gasteiger partial charge on any atom is -0.507 e. The molecule has 2 N–H and O–H groups in total. The Hall–Kier alpha value is -3.06. The van der Waals surface area contributed by atoms with E-state index in [9.17, 15) is 15.0 Å². The van der Waals surface area contributed by atoms with E-state index in [1.165, 1.54) is 4.90 Å². The molecule has 7 nitrogen and oxygen atoms in total. The largest absolute Gasteiger partial charge is 0.507 e. The molecule has 1 amide bonds. The van der Waals surface area contributed by atoms with E-state index in [0.717, 1.165) is 10.9 Å². The molecule has 3 aromatic rings. The molecule has 0 spiro atoms. The summed E-state index contributed by atoms with van der Waals surface area (Å²) in [4.78, 5) is 18.3. The molecule has 0 aliphatic carbocycles. The van der Waals surface area contributed by atoms with Gasteiger partial charge < -0.3 is 24.4 Å². The monoisotopic (exact) mass is 397 g/mol. The Morgan fingerprint density at radius 1 is 1.24 bits per heavy atom. The molecule has 0 bridgehead atoms. The third kappa shape index (κ3) is 5.26. The summed E-state index contributed by atoms with van der Waals surface area (Å²) in [5.41, 5.74) is 0.875. The molecule has 0 fully saturated rings. The van der Waals surface area contributed by atoms with Crippen LogP contribution in [0.15, 0.2) is 55.0 Å². The first kappa shape index (κ1) is 20.7. The van der Waals surface area contributed by atoms with Crippen molar-refractivity contribution in [1.82, 2.24) is 14.5 Å². The molecular formula is C22H27N3O4. The Kier molecular flexibility index (Phi) is 6.08. The van der Waals surface area contributed by atoms with Crippen LogP contribution in [0.4, 0.5) is 4.79 Å². The highest BCUT2D eigenvalue weighted by Gasteiger charge is 2.24. The molecule has 3 rings (SSSR count). The third-order valence-corrected chi connectivity index (χ3v) is 4.52. The van der Waals surface area contributed by atoms with E-state index in [1.807, 2.05) is 43.7 Å². The summed E-state index contributed by atoms with van der Waals surface area (Å²) in [5.74, 6) is 0.220. The summed E-state index contributed by atoms with van der Waals surface area (Å²) in [6.07, 6.45) is 3.73. The number of fused-ring (bicyclic) bond motifs is 1. The minimum atomic E-state index is -0.873. The normalized spacial score (nSPS) is 12.7. The predicted molar refractivity (Wildman–Crippen MR) is 111 cm³/mol. The third-order valence-electron chi connectivity index (χ3n) is 4.52. The fraction of sp³-hybridized carbons (Fsp3) is 0.364. The van der Waals surface area contributed by atoms with E-state index in [4.69, 9.17) is 4.74 Å². The van der Waals surface area contributed by atoms with Crippen LogP contribution in [0.5, 0.6) is 5.75 Å². The Balaban J connectivity index is 1.76. The number of amides is 1. The molecule has 1 aromatic carbocycles. The van der Waals surface area contributed by atoms with E-state index in [0.29, 0.717) is 18.7 Å². The highest BCUT2D eigenvalue weighted by atomic mass is 16.6. The Bertz CT molecular complexity index is 963. The van der Waals surface area contributed by atoms with Gasteiger partial charge in [0.2, 0.25) is 0 Å². The van der Waals surface area contributed by atoms with E-state index < -0.39 is 17.8 Å². The first-order valence-electron chi connectivity index (χ1n) is 9.57. The molecule has 0 radical (unpaired) electrons. The zero-order valence-corrected chi connectivity index (χ0v) is 16.9. The summed E-state index contributed by atoms with van der Waals surface area (Å²) >= 11 is 0. The number of carbonyl (C=O) groups excluding carboxylic acids is 1. The number of hydrogen-bond donors (Lipinski definition) is 2. The molecule has 2 heterocycles. The quantitative estimate of drug-likeness (QED) is 0.662. The second kappa shape index (κ2) is 8.53. The molecule has 1 atom stereocenters. The van der Waals surface area contributed by atoms with Crippen molar-refractivity contribution < 1.29 is 19.7 Å². The second-order valence-corrected chi connectivity index (χ2v) is 7.95. The number of phenols is 1. The van der Waals surface area contributed by atoms with Gasteiger partial charge in [-0.2, -0.15) is 0 Å². The molecule has 7 heteroatoms. The number of hydrogen-bond acceptors (Lipinski definition) is 5. The number of aromatic nitrogens is 2. The van der Waals surface area contributed by atoms with Crippen LogP contribution in [0.3, 0.4) is 0 Å². The van der Waals surface area contributed by atoms with Crippen molar-refractivity contribution >= 4 is 17.0 Å². The maximum absolute atomic E-state index is 12.7. The number of rotatable bonds is 6. The lowest BCUT2D eigenvalue weighted by Gasteiger charge is -2.29. The second-order valence-electron chi connectivity index (χ2n) is 7.95. The Morgan fingerprint density at radius 2 is 2.03 bits per heavy atom. The Morgan fingerprint density at radius 3 is 2.72 bits per heavy atom. The minimum absolute atomic E-state index is 0.0884. The number of nitrogens with zero attached hydrogens (tertiary/aromatic N) is 3. The molecule has 154 valence electrons. The van der Waals surface area contributed by atoms with Crippen molar-refractivity contribution in [2.24, 2.45) is 0 Å². The van der Waals surface area contributed by atoms with E-state index in [2.05, 4.69) is 4.98 Å². The van der Waals surface area contributed by atoms with Crippen molar-refractivity contribution in [3.05, 3.63) is 60.6 Å². The van der Waals surface area contributed by atoms with Gasteiger partial charge in [0.05, 0.1) is 18.2 Å². The first-order chi connectivity index (χ1) is 13.7. The van der Waals surface area contributed by atoms with Crippen LogP contribution < -0.4 is 0 Å². The number of pyridine rings is 1. The van der Waals surface area contributed by atoms with Crippen LogP contribution in [-0.4, -0.2) is 49.4 Å². The first-order valence-corrected chi connectivity index (χ1v) is 9.57. The van der Waals surface area contributed by atoms with E-state index in [1.54, 1.807) is 36.7 Å². The van der Waals surface area contributed by atoms with Crippen LogP contribution in [0.2, 0.25) is 0 Å². The highest BCUT2D eigenvalue weighted by Crippen LogP contribution is 2.25. The van der Waals surface area contributed by atoms with Crippen molar-refractivity contribution in [3.8, 4) is 5.75 Å². The highest BCUT2D eigenvalue weighted by molar-refractivity contribution is 5.86. The average molecular weight is 397 g/mol. The fourth-order valence-corrected chi connectivity index (χ4v) is 3.10. The summed E-state index contributed by atoms with van der Waals surface area (Å²) in [6, 6.07) is 10.7. The lowest BCUT2D eigenvalue weighted by atomic mass is 10.1. The number of aliphatic hydroxyl groups excluding tert-OH is 1. The number of aromatic hydroxyl groups is 1. The average Bonchev–Trinajstić information content (AvgIpc) is 3.08. The van der Waals surface area contributed by atoms with Gasteiger partial charge in [-0.05, 0) is 45.0 Å². The van der Waals surface area contributed by atoms with Gasteiger partial charge in [0.25, 0.3) is 0 Å². The molecule has 0 unspecified atom stereocenters. The molecule has 0 saturated heterocycles. The van der Waals surface area contributed by atoms with Crippen LogP contribution in [0.1, 0.15) is 32.4 Å². The van der Waals surface area contributed by atoms with Crippen molar-refractivity contribution in [2.45, 2.75) is 39.0 Å². The smallest absolute Gasteiger partial charge is 0.410 e. The summed E-state index contributed by atoms with van der Waals surface area (Å²) in [5, 5.41) is 21.3. The number of benzene rings is 1. The number of phenolic OH excluding ortho intramolecular Hbond substituents is 1. The maximum Gasteiger partial charge on any atom is 0.410 e. The van der Waals surface area contributed by atoms with Gasteiger partial charge in [0, 0.05) is 42.6 Å². The molecule has 0 saturated carbocycles. The predicted octanol–water partition coefficient (Wildman–Crippen LogP) is 3.71. The van der Waals surface area contributed by atoms with Gasteiger partial charge in [0.1, 0.15) is 11.4 Å². The van der Waals surface area contributed by atoms with Gasteiger partial charge >= 0.3 is 6.09 Å². The molecule has 2 aromatic heterocycles. The zero-order chi connectivity index (χ0) is 21.0. The van der Waals surface area contributed by atoms with Gasteiger partial charge in [-0.25, -0.2) is 4.79 Å². The summed E-state index contributed by atoms with van der Waals surface area (Å²) in [6.45, 7) is 6.34. The van der Waals surface area contributed by atoms with E-state index >= 15 is 0 Å².